The summed E-state index contributed by atoms with van der Waals surface area (Å²) in [5.41, 5.74) is 0. The second kappa shape index (κ2) is 29.5. The summed E-state index contributed by atoms with van der Waals surface area (Å²) >= 11 is 4.20. The van der Waals surface area contributed by atoms with E-state index in [0.717, 1.165) is 70.0 Å². The molecule has 0 aromatic rings. The first kappa shape index (κ1) is 51.4. The molecule has 0 bridgehead atoms. The zero-order valence-electron chi connectivity index (χ0n) is 31.9. The largest absolute Gasteiger partial charge is 0.472 e. The second-order valence-corrected chi connectivity index (χ2v) is 17.1. The standard InChI is InChI=1S/C35H68O16P2S/c1-2-3-4-5-6-7-8-9-10-11-13-17-20-23-29(37)49-27(25-47-28(36)22-19-16-14-12-15-18-21-24-54)26-48-53(45,46)51-35-32(40)30(38)31(39)34(33(35)41)50-52(42,43)44/h27,30-35,38-41,54H,2-26H2,1H3,(H,45,46)(H2,42,43,44)/t27-,30+,31?,32?,33-,34-,35?/m1/s1. The highest BCUT2D eigenvalue weighted by atomic mass is 32.1. The minimum atomic E-state index is -5.35. The molecule has 1 saturated carbocycles. The molecule has 4 unspecified atom stereocenters. The predicted molar refractivity (Wildman–Crippen MR) is 204 cm³/mol. The van der Waals surface area contributed by atoms with Crippen LogP contribution in [0.3, 0.4) is 0 Å². The average molecular weight is 839 g/mol. The third kappa shape index (κ3) is 24.2. The normalized spacial score (nSPS) is 23.5. The van der Waals surface area contributed by atoms with E-state index < -0.39 is 83.5 Å². The van der Waals surface area contributed by atoms with Crippen molar-refractivity contribution in [3.63, 3.8) is 0 Å². The van der Waals surface area contributed by atoms with E-state index in [0.29, 0.717) is 12.8 Å². The summed E-state index contributed by atoms with van der Waals surface area (Å²) in [6, 6.07) is 0. The van der Waals surface area contributed by atoms with E-state index in [-0.39, 0.29) is 12.8 Å². The Morgan fingerprint density at radius 2 is 1.00 bits per heavy atom. The Labute approximate surface area is 326 Å². The number of ether oxygens (including phenoxy) is 2. The molecule has 16 nitrogen and oxygen atoms in total. The molecule has 1 aliphatic carbocycles. The van der Waals surface area contributed by atoms with Gasteiger partial charge in [0.15, 0.2) is 6.10 Å². The van der Waals surface area contributed by atoms with Crippen LogP contribution in [0.25, 0.3) is 0 Å². The fraction of sp³-hybridized carbons (Fsp3) is 0.943. The van der Waals surface area contributed by atoms with E-state index in [1.54, 1.807) is 0 Å². The third-order valence-corrected chi connectivity index (χ3v) is 11.1. The smallest absolute Gasteiger partial charge is 0.462 e. The number of carbonyl (C=O) groups is 2. The fourth-order valence-electron chi connectivity index (χ4n) is 6.12. The molecule has 0 heterocycles. The highest BCUT2D eigenvalue weighted by Gasteiger charge is 2.54. The van der Waals surface area contributed by atoms with Crippen LogP contribution < -0.4 is 0 Å². The molecule has 8 atom stereocenters. The number of unbranched alkanes of at least 4 members (excludes halogenated alkanes) is 18. The van der Waals surface area contributed by atoms with Gasteiger partial charge < -0.3 is 44.6 Å². The maximum Gasteiger partial charge on any atom is 0.472 e. The van der Waals surface area contributed by atoms with Gasteiger partial charge in [-0.15, -0.1) is 0 Å². The summed E-state index contributed by atoms with van der Waals surface area (Å²) in [6.07, 6.45) is 6.70. The zero-order chi connectivity index (χ0) is 40.4. The van der Waals surface area contributed by atoms with Crippen molar-refractivity contribution in [2.75, 3.05) is 19.0 Å². The van der Waals surface area contributed by atoms with Crippen molar-refractivity contribution in [2.45, 2.75) is 191 Å². The van der Waals surface area contributed by atoms with Crippen LogP contribution in [0, 0.1) is 0 Å². The molecular formula is C35H68O16P2S. The van der Waals surface area contributed by atoms with Crippen molar-refractivity contribution < 1.29 is 76.9 Å². The molecule has 0 spiro atoms. The topological polar surface area (TPSA) is 256 Å². The number of phosphoric ester groups is 2. The van der Waals surface area contributed by atoms with Gasteiger partial charge in [-0.2, -0.15) is 12.6 Å². The van der Waals surface area contributed by atoms with Crippen LogP contribution in [0.5, 0.6) is 0 Å². The van der Waals surface area contributed by atoms with Gasteiger partial charge in [-0.1, -0.05) is 116 Å². The van der Waals surface area contributed by atoms with Crippen LogP contribution >= 0.6 is 28.3 Å². The Morgan fingerprint density at radius 3 is 1.46 bits per heavy atom. The van der Waals surface area contributed by atoms with Crippen LogP contribution in [-0.4, -0.2) is 109 Å². The molecule has 7 N–H and O–H groups in total. The minimum Gasteiger partial charge on any atom is -0.462 e. The first-order valence-electron chi connectivity index (χ1n) is 19.7. The van der Waals surface area contributed by atoms with E-state index in [1.807, 2.05) is 0 Å². The first-order chi connectivity index (χ1) is 25.6. The van der Waals surface area contributed by atoms with E-state index >= 15 is 0 Å². The monoisotopic (exact) mass is 838 g/mol. The number of aliphatic hydroxyl groups excluding tert-OH is 4. The molecule has 0 radical (unpaired) electrons. The molecule has 54 heavy (non-hydrogen) atoms. The number of phosphoric acid groups is 2. The Kier molecular flexibility index (Phi) is 28.1. The fourth-order valence-corrected chi connectivity index (χ4v) is 7.89. The quantitative estimate of drug-likeness (QED) is 0.0178. The van der Waals surface area contributed by atoms with Gasteiger partial charge in [0.25, 0.3) is 0 Å². The minimum absolute atomic E-state index is 0.0467. The first-order valence-corrected chi connectivity index (χ1v) is 23.4. The summed E-state index contributed by atoms with van der Waals surface area (Å²) in [7, 11) is -10.6. The van der Waals surface area contributed by atoms with Gasteiger partial charge in [-0.05, 0) is 25.0 Å². The Morgan fingerprint density at radius 1 is 0.574 bits per heavy atom. The van der Waals surface area contributed by atoms with Crippen LogP contribution in [0.2, 0.25) is 0 Å². The highest BCUT2D eigenvalue weighted by molar-refractivity contribution is 7.80. The number of rotatable bonds is 33. The summed E-state index contributed by atoms with van der Waals surface area (Å²) in [5, 5.41) is 41.0. The van der Waals surface area contributed by atoms with Gasteiger partial charge in [0.1, 0.15) is 43.2 Å². The van der Waals surface area contributed by atoms with E-state index in [9.17, 15) is 44.0 Å². The Hall–Kier alpha value is -0.650. The van der Waals surface area contributed by atoms with E-state index in [1.165, 1.54) is 51.4 Å². The lowest BCUT2D eigenvalue weighted by Crippen LogP contribution is -2.64. The molecule has 1 rings (SSSR count). The van der Waals surface area contributed by atoms with Gasteiger partial charge in [-0.3, -0.25) is 23.2 Å². The van der Waals surface area contributed by atoms with Gasteiger partial charge in [0, 0.05) is 12.8 Å². The SMILES string of the molecule is CCCCCCCCCCCCCCCC(=O)O[C@H](COC(=O)CCCCCCCCCS)COP(=O)(O)OC1C(O)[C@@H](O)C(O)[C@@H](OP(=O)(O)O)[C@H]1O. The number of carbonyl (C=O) groups excluding carboxylic acids is 2. The summed E-state index contributed by atoms with van der Waals surface area (Å²) in [5.74, 6) is -0.361. The number of aliphatic hydroxyl groups is 4. The van der Waals surface area contributed by atoms with Crippen molar-refractivity contribution in [1.82, 2.24) is 0 Å². The summed E-state index contributed by atoms with van der Waals surface area (Å²) in [4.78, 5) is 53.8. The molecular weight excluding hydrogens is 770 g/mol. The van der Waals surface area contributed by atoms with Gasteiger partial charge in [0.05, 0.1) is 6.61 Å². The molecule has 1 aliphatic rings. The van der Waals surface area contributed by atoms with E-state index in [4.69, 9.17) is 28.3 Å². The van der Waals surface area contributed by atoms with Crippen molar-refractivity contribution in [2.24, 2.45) is 0 Å². The van der Waals surface area contributed by atoms with Gasteiger partial charge in [0.2, 0.25) is 0 Å². The lowest BCUT2D eigenvalue weighted by Gasteiger charge is -2.43. The molecule has 0 saturated heterocycles. The number of thiol groups is 1. The lowest BCUT2D eigenvalue weighted by molar-refractivity contribution is -0.216. The van der Waals surface area contributed by atoms with Crippen molar-refractivity contribution >= 4 is 40.2 Å². The van der Waals surface area contributed by atoms with Gasteiger partial charge >= 0.3 is 27.6 Å². The number of hydrogen-bond acceptors (Lipinski definition) is 14. The highest BCUT2D eigenvalue weighted by Crippen LogP contribution is 2.49. The maximum absolute atomic E-state index is 12.9. The maximum atomic E-state index is 12.9. The molecule has 19 heteroatoms. The van der Waals surface area contributed by atoms with Gasteiger partial charge in [-0.25, -0.2) is 9.13 Å². The Bertz CT molecular complexity index is 1100. The number of esters is 2. The molecule has 0 amide bonds. The van der Waals surface area contributed by atoms with Crippen molar-refractivity contribution in [3.8, 4) is 0 Å². The molecule has 0 aliphatic heterocycles. The summed E-state index contributed by atoms with van der Waals surface area (Å²) in [6.45, 7) is 0.870. The second-order valence-electron chi connectivity index (χ2n) is 14.1. The average Bonchev–Trinajstić information content (AvgIpc) is 3.11. The predicted octanol–water partition coefficient (Wildman–Crippen LogP) is 5.41. The number of hydrogen-bond donors (Lipinski definition) is 8. The molecule has 0 aromatic heterocycles. The molecule has 0 aromatic carbocycles. The van der Waals surface area contributed by atoms with Crippen LogP contribution in [-0.2, 0) is 41.8 Å². The lowest BCUT2D eigenvalue weighted by atomic mass is 9.85. The molecule has 320 valence electrons. The van der Waals surface area contributed by atoms with Crippen molar-refractivity contribution in [1.29, 1.82) is 0 Å². The zero-order valence-corrected chi connectivity index (χ0v) is 34.5. The van der Waals surface area contributed by atoms with Crippen LogP contribution in [0.15, 0.2) is 0 Å². The summed E-state index contributed by atoms with van der Waals surface area (Å²) < 4.78 is 49.0. The van der Waals surface area contributed by atoms with Crippen LogP contribution in [0.1, 0.15) is 148 Å². The third-order valence-electron chi connectivity index (χ3n) is 9.24. The Balaban J connectivity index is 2.67. The van der Waals surface area contributed by atoms with E-state index in [2.05, 4.69) is 24.1 Å². The molecule has 1 fully saturated rings. The van der Waals surface area contributed by atoms with Crippen LogP contribution in [0.4, 0.5) is 0 Å². The van der Waals surface area contributed by atoms with Crippen molar-refractivity contribution in [3.05, 3.63) is 0 Å².